The van der Waals surface area contributed by atoms with Crippen LogP contribution in [0, 0.1) is 0 Å². The third-order valence-corrected chi connectivity index (χ3v) is 3.25. The monoisotopic (exact) mass is 237 g/mol. The van der Waals surface area contributed by atoms with Crippen molar-refractivity contribution >= 4 is 5.97 Å². The molecule has 1 aliphatic heterocycles. The summed E-state index contributed by atoms with van der Waals surface area (Å²) in [6.45, 7) is 4.72. The number of nitrogens with zero attached hydrogens (tertiary/aromatic N) is 2. The lowest BCUT2D eigenvalue weighted by Crippen LogP contribution is -2.26. The van der Waals surface area contributed by atoms with E-state index >= 15 is 0 Å². The molecule has 5 heteroatoms. The number of nitrogens with one attached hydrogen (secondary N) is 1. The van der Waals surface area contributed by atoms with Gasteiger partial charge >= 0.3 is 5.97 Å². The van der Waals surface area contributed by atoms with Gasteiger partial charge in [-0.3, -0.25) is 4.68 Å². The molecule has 1 fully saturated rings. The standard InChI is InChI=1S/C12H19N3O2/c1-3-15-11(12(16)17-2)8-10(14-15)9-4-6-13-7-5-9/h8-9,13H,3-7H2,1-2H3. The predicted molar refractivity (Wildman–Crippen MR) is 64.1 cm³/mol. The van der Waals surface area contributed by atoms with Crippen LogP contribution in [-0.2, 0) is 11.3 Å². The maximum atomic E-state index is 11.6. The summed E-state index contributed by atoms with van der Waals surface area (Å²) in [6, 6.07) is 1.88. The highest BCUT2D eigenvalue weighted by Gasteiger charge is 2.22. The molecule has 0 aliphatic carbocycles. The number of carbonyl (C=O) groups is 1. The number of methoxy groups -OCH3 is 1. The van der Waals surface area contributed by atoms with Gasteiger partial charge in [0, 0.05) is 12.5 Å². The molecule has 1 aromatic heterocycles. The van der Waals surface area contributed by atoms with Crippen molar-refractivity contribution in [3.63, 3.8) is 0 Å². The van der Waals surface area contributed by atoms with Gasteiger partial charge in [-0.15, -0.1) is 0 Å². The smallest absolute Gasteiger partial charge is 0.356 e. The first kappa shape index (κ1) is 12.1. The van der Waals surface area contributed by atoms with Crippen LogP contribution in [0.15, 0.2) is 6.07 Å². The Kier molecular flexibility index (Phi) is 3.78. The molecule has 0 aromatic carbocycles. The fourth-order valence-electron chi connectivity index (χ4n) is 2.26. The molecule has 0 atom stereocenters. The fourth-order valence-corrected chi connectivity index (χ4v) is 2.26. The number of aromatic nitrogens is 2. The van der Waals surface area contributed by atoms with Gasteiger partial charge in [0.15, 0.2) is 0 Å². The van der Waals surface area contributed by atoms with Gasteiger partial charge in [-0.2, -0.15) is 5.10 Å². The van der Waals surface area contributed by atoms with E-state index < -0.39 is 0 Å². The van der Waals surface area contributed by atoms with E-state index in [-0.39, 0.29) is 5.97 Å². The number of rotatable bonds is 3. The number of hydrogen-bond donors (Lipinski definition) is 1. The normalized spacial score (nSPS) is 17.1. The summed E-state index contributed by atoms with van der Waals surface area (Å²) in [7, 11) is 1.40. The molecular formula is C12H19N3O2. The van der Waals surface area contributed by atoms with E-state index in [1.807, 2.05) is 13.0 Å². The van der Waals surface area contributed by atoms with Gasteiger partial charge < -0.3 is 10.1 Å². The quantitative estimate of drug-likeness (QED) is 0.801. The largest absolute Gasteiger partial charge is 0.464 e. The van der Waals surface area contributed by atoms with Crippen molar-refractivity contribution in [2.45, 2.75) is 32.2 Å². The van der Waals surface area contributed by atoms with Crippen LogP contribution in [0.3, 0.4) is 0 Å². The zero-order valence-corrected chi connectivity index (χ0v) is 10.4. The van der Waals surface area contributed by atoms with Crippen LogP contribution < -0.4 is 5.32 Å². The van der Waals surface area contributed by atoms with E-state index in [1.54, 1.807) is 4.68 Å². The first-order chi connectivity index (χ1) is 8.26. The van der Waals surface area contributed by atoms with E-state index in [9.17, 15) is 4.79 Å². The van der Waals surface area contributed by atoms with Gasteiger partial charge in [0.2, 0.25) is 0 Å². The van der Waals surface area contributed by atoms with Gasteiger partial charge in [0.1, 0.15) is 5.69 Å². The van der Waals surface area contributed by atoms with Gasteiger partial charge in [0.25, 0.3) is 0 Å². The Morgan fingerprint density at radius 2 is 2.29 bits per heavy atom. The molecule has 0 unspecified atom stereocenters. The maximum absolute atomic E-state index is 11.6. The summed E-state index contributed by atoms with van der Waals surface area (Å²) < 4.78 is 6.49. The van der Waals surface area contributed by atoms with E-state index in [2.05, 4.69) is 10.4 Å². The zero-order chi connectivity index (χ0) is 12.3. The number of carbonyl (C=O) groups excluding carboxylic acids is 1. The number of hydrogen-bond acceptors (Lipinski definition) is 4. The van der Waals surface area contributed by atoms with Crippen LogP contribution in [0.25, 0.3) is 0 Å². The molecule has 0 bridgehead atoms. The van der Waals surface area contributed by atoms with Crippen molar-refractivity contribution in [2.75, 3.05) is 20.2 Å². The van der Waals surface area contributed by atoms with Crippen LogP contribution in [0.5, 0.6) is 0 Å². The van der Waals surface area contributed by atoms with Crippen LogP contribution in [0.2, 0.25) is 0 Å². The molecule has 1 aliphatic rings. The zero-order valence-electron chi connectivity index (χ0n) is 10.4. The molecule has 94 valence electrons. The highest BCUT2D eigenvalue weighted by Crippen LogP contribution is 2.24. The van der Waals surface area contributed by atoms with E-state index in [1.165, 1.54) is 7.11 Å². The Hall–Kier alpha value is -1.36. The summed E-state index contributed by atoms with van der Waals surface area (Å²) in [4.78, 5) is 11.6. The second-order valence-corrected chi connectivity index (χ2v) is 4.29. The maximum Gasteiger partial charge on any atom is 0.356 e. The van der Waals surface area contributed by atoms with E-state index in [0.717, 1.165) is 31.6 Å². The Labute approximate surface area is 101 Å². The van der Waals surface area contributed by atoms with Crippen LogP contribution in [-0.4, -0.2) is 35.9 Å². The van der Waals surface area contributed by atoms with Crippen LogP contribution >= 0.6 is 0 Å². The highest BCUT2D eigenvalue weighted by molar-refractivity contribution is 5.87. The molecule has 5 nitrogen and oxygen atoms in total. The van der Waals surface area contributed by atoms with Crippen LogP contribution in [0.1, 0.15) is 41.9 Å². The average Bonchev–Trinajstić information content (AvgIpc) is 2.83. The molecule has 1 N–H and O–H groups in total. The SMILES string of the molecule is CCn1nc(C2CCNCC2)cc1C(=O)OC. The molecule has 0 saturated carbocycles. The number of esters is 1. The summed E-state index contributed by atoms with van der Waals surface area (Å²) in [5.41, 5.74) is 1.58. The average molecular weight is 237 g/mol. The Balaban J connectivity index is 2.23. The molecule has 1 saturated heterocycles. The van der Waals surface area contributed by atoms with E-state index in [4.69, 9.17) is 4.74 Å². The Morgan fingerprint density at radius 1 is 1.59 bits per heavy atom. The second kappa shape index (κ2) is 5.31. The molecule has 0 radical (unpaired) electrons. The van der Waals surface area contributed by atoms with Gasteiger partial charge in [-0.05, 0) is 38.9 Å². The Morgan fingerprint density at radius 3 is 2.88 bits per heavy atom. The van der Waals surface area contributed by atoms with Crippen LogP contribution in [0.4, 0.5) is 0 Å². The number of ether oxygens (including phenoxy) is 1. The topological polar surface area (TPSA) is 56.2 Å². The minimum atomic E-state index is -0.306. The predicted octanol–water partition coefficient (Wildman–Crippen LogP) is 1.16. The highest BCUT2D eigenvalue weighted by atomic mass is 16.5. The molecular weight excluding hydrogens is 218 g/mol. The summed E-state index contributed by atoms with van der Waals surface area (Å²) in [5.74, 6) is 0.159. The summed E-state index contributed by atoms with van der Waals surface area (Å²) in [5, 5.41) is 7.84. The molecule has 0 amide bonds. The molecule has 1 aromatic rings. The lowest BCUT2D eigenvalue weighted by molar-refractivity contribution is 0.0587. The summed E-state index contributed by atoms with van der Waals surface area (Å²) >= 11 is 0. The third kappa shape index (κ3) is 2.49. The Bertz CT molecular complexity index is 394. The minimum absolute atomic E-state index is 0.306. The van der Waals surface area contributed by atoms with Crippen molar-refractivity contribution in [3.05, 3.63) is 17.5 Å². The lowest BCUT2D eigenvalue weighted by atomic mass is 9.95. The lowest BCUT2D eigenvalue weighted by Gasteiger charge is -2.20. The van der Waals surface area contributed by atoms with Crippen molar-refractivity contribution in [3.8, 4) is 0 Å². The van der Waals surface area contributed by atoms with E-state index in [0.29, 0.717) is 18.2 Å². The molecule has 0 spiro atoms. The first-order valence-corrected chi connectivity index (χ1v) is 6.13. The van der Waals surface area contributed by atoms with Gasteiger partial charge in [-0.1, -0.05) is 0 Å². The van der Waals surface area contributed by atoms with Crippen molar-refractivity contribution in [2.24, 2.45) is 0 Å². The van der Waals surface area contributed by atoms with Gasteiger partial charge in [-0.25, -0.2) is 4.79 Å². The second-order valence-electron chi connectivity index (χ2n) is 4.29. The molecule has 17 heavy (non-hydrogen) atoms. The van der Waals surface area contributed by atoms with Crippen molar-refractivity contribution in [1.82, 2.24) is 15.1 Å². The molecule has 2 rings (SSSR count). The summed E-state index contributed by atoms with van der Waals surface area (Å²) in [6.07, 6.45) is 2.17. The third-order valence-electron chi connectivity index (χ3n) is 3.25. The minimum Gasteiger partial charge on any atom is -0.464 e. The number of piperidine rings is 1. The van der Waals surface area contributed by atoms with Crippen molar-refractivity contribution in [1.29, 1.82) is 0 Å². The van der Waals surface area contributed by atoms with Gasteiger partial charge in [0.05, 0.1) is 12.8 Å². The van der Waals surface area contributed by atoms with Crippen molar-refractivity contribution < 1.29 is 9.53 Å². The fraction of sp³-hybridized carbons (Fsp3) is 0.667. The molecule has 2 heterocycles. The number of aryl methyl sites for hydroxylation is 1. The first-order valence-electron chi connectivity index (χ1n) is 6.13.